The number of hydrogen-bond donors (Lipinski definition) is 12. The van der Waals surface area contributed by atoms with Crippen molar-refractivity contribution in [1.29, 1.82) is 0 Å². The molecule has 19 nitrogen and oxygen atoms in total. The van der Waals surface area contributed by atoms with Crippen molar-refractivity contribution in [3.05, 3.63) is 24.3 Å². The first-order chi connectivity index (χ1) is 40.3. The molecular weight excluding hydrogens is 1070 g/mol. The second-order valence-electron chi connectivity index (χ2n) is 23.9. The van der Waals surface area contributed by atoms with E-state index in [4.69, 9.17) is 28.4 Å². The summed E-state index contributed by atoms with van der Waals surface area (Å²) in [6.45, 7) is 1.80. The van der Waals surface area contributed by atoms with Crippen molar-refractivity contribution in [2.45, 2.75) is 349 Å². The average molecular weight is 1190 g/mol. The Bertz CT molecular complexity index is 1610. The Morgan fingerprint density at radius 1 is 0.434 bits per heavy atom. The average Bonchev–Trinajstić information content (AvgIpc) is 3.18. The minimum absolute atomic E-state index is 0.243. The summed E-state index contributed by atoms with van der Waals surface area (Å²) < 4.78 is 34.4. The second kappa shape index (κ2) is 47.3. The Kier molecular flexibility index (Phi) is 43.0. The lowest BCUT2D eigenvalue weighted by molar-refractivity contribution is -0.379. The van der Waals surface area contributed by atoms with Crippen molar-refractivity contribution in [3.63, 3.8) is 0 Å². The van der Waals surface area contributed by atoms with Crippen LogP contribution in [-0.4, -0.2) is 193 Å². The highest BCUT2D eigenvalue weighted by atomic mass is 16.8. The van der Waals surface area contributed by atoms with E-state index in [1.807, 2.05) is 0 Å². The van der Waals surface area contributed by atoms with Crippen LogP contribution in [0.1, 0.15) is 245 Å². The van der Waals surface area contributed by atoms with Crippen LogP contribution >= 0.6 is 0 Å². The molecule has 17 atom stereocenters. The number of carbonyl (C=O) groups is 1. The minimum Gasteiger partial charge on any atom is -0.394 e. The number of allylic oxidation sites excluding steroid dienone is 4. The molecule has 0 radical (unpaired) electrons. The largest absolute Gasteiger partial charge is 0.394 e. The summed E-state index contributed by atoms with van der Waals surface area (Å²) in [4.78, 5) is 13.4. The summed E-state index contributed by atoms with van der Waals surface area (Å²) in [5, 5.41) is 120. The van der Waals surface area contributed by atoms with E-state index < -0.39 is 124 Å². The van der Waals surface area contributed by atoms with E-state index in [1.54, 1.807) is 0 Å². The van der Waals surface area contributed by atoms with Gasteiger partial charge in [-0.2, -0.15) is 0 Å². The Labute approximate surface area is 498 Å². The van der Waals surface area contributed by atoms with E-state index >= 15 is 0 Å². The number of rotatable bonds is 50. The molecule has 83 heavy (non-hydrogen) atoms. The van der Waals surface area contributed by atoms with Crippen molar-refractivity contribution in [2.24, 2.45) is 0 Å². The summed E-state index contributed by atoms with van der Waals surface area (Å²) in [5.74, 6) is -0.243. The number of hydrogen-bond acceptors (Lipinski definition) is 18. The fourth-order valence-corrected chi connectivity index (χ4v) is 11.3. The molecule has 1 amide bonds. The van der Waals surface area contributed by atoms with Crippen molar-refractivity contribution in [3.8, 4) is 0 Å². The van der Waals surface area contributed by atoms with E-state index in [2.05, 4.69) is 43.5 Å². The van der Waals surface area contributed by atoms with Gasteiger partial charge >= 0.3 is 0 Å². The van der Waals surface area contributed by atoms with Gasteiger partial charge in [-0.25, -0.2) is 0 Å². The predicted molar refractivity (Wildman–Crippen MR) is 319 cm³/mol. The molecule has 19 heteroatoms. The van der Waals surface area contributed by atoms with Gasteiger partial charge in [0.25, 0.3) is 0 Å². The monoisotopic (exact) mass is 1190 g/mol. The zero-order valence-electron chi connectivity index (χ0n) is 51.2. The van der Waals surface area contributed by atoms with E-state index in [0.717, 1.165) is 57.8 Å². The van der Waals surface area contributed by atoms with Gasteiger partial charge in [-0.3, -0.25) is 4.79 Å². The maximum Gasteiger partial charge on any atom is 0.220 e. The number of unbranched alkanes of at least 4 members (excludes halogenated alkanes) is 30. The summed E-state index contributed by atoms with van der Waals surface area (Å²) in [5.41, 5.74) is 0. The van der Waals surface area contributed by atoms with Crippen LogP contribution in [0.15, 0.2) is 24.3 Å². The van der Waals surface area contributed by atoms with Crippen LogP contribution in [0.2, 0.25) is 0 Å². The Balaban J connectivity index is 1.44. The lowest BCUT2D eigenvalue weighted by Gasteiger charge is -2.48. The first-order valence-corrected chi connectivity index (χ1v) is 33.1. The van der Waals surface area contributed by atoms with E-state index in [9.17, 15) is 61.0 Å². The molecule has 12 N–H and O–H groups in total. The number of amides is 1. The zero-order chi connectivity index (χ0) is 60.5. The van der Waals surface area contributed by atoms with Gasteiger partial charge in [0.05, 0.1) is 38.6 Å². The molecule has 3 heterocycles. The van der Waals surface area contributed by atoms with Crippen LogP contribution < -0.4 is 5.32 Å². The molecule has 0 spiro atoms. The number of ether oxygens (including phenoxy) is 6. The SMILES string of the molecule is CCCCCCC/C=C\C/C=C\CCCCCCCCCCCCCC(=O)NC(COC1OC(CO)C(OC2OC(CO)C(OC3OC(CO)C(O)C(O)C3O)C(O)C2O)C(O)C1O)C(O)CCCCCCCCCCCCCCCCC. The predicted octanol–water partition coefficient (Wildman–Crippen LogP) is 7.49. The first-order valence-electron chi connectivity index (χ1n) is 33.1. The first kappa shape index (κ1) is 75.5. The summed E-state index contributed by atoms with van der Waals surface area (Å²) >= 11 is 0. The molecule has 3 aliphatic heterocycles. The van der Waals surface area contributed by atoms with Gasteiger partial charge in [-0.05, 0) is 44.9 Å². The number of aliphatic hydroxyl groups is 11. The van der Waals surface area contributed by atoms with Crippen molar-refractivity contribution >= 4 is 5.91 Å². The van der Waals surface area contributed by atoms with Crippen LogP contribution in [0.25, 0.3) is 0 Å². The quantitative estimate of drug-likeness (QED) is 0.0207. The van der Waals surface area contributed by atoms with Crippen LogP contribution in [0, 0.1) is 0 Å². The van der Waals surface area contributed by atoms with Gasteiger partial charge in [0, 0.05) is 6.42 Å². The highest BCUT2D eigenvalue weighted by Gasteiger charge is 2.53. The Hall–Kier alpha value is -1.73. The third-order valence-electron chi connectivity index (χ3n) is 16.8. The van der Waals surface area contributed by atoms with Crippen molar-refractivity contribution in [2.75, 3.05) is 26.4 Å². The fourth-order valence-electron chi connectivity index (χ4n) is 11.3. The maximum atomic E-state index is 13.4. The van der Waals surface area contributed by atoms with Crippen LogP contribution in [-0.2, 0) is 33.2 Å². The van der Waals surface area contributed by atoms with E-state index in [0.29, 0.717) is 12.8 Å². The molecule has 3 aliphatic rings. The summed E-state index contributed by atoms with van der Waals surface area (Å²) in [7, 11) is 0. The summed E-state index contributed by atoms with van der Waals surface area (Å²) in [6.07, 6.45) is 23.9. The molecule has 0 saturated carbocycles. The van der Waals surface area contributed by atoms with Gasteiger partial charge in [0.15, 0.2) is 18.9 Å². The maximum absolute atomic E-state index is 13.4. The van der Waals surface area contributed by atoms with Crippen molar-refractivity contribution in [1.82, 2.24) is 5.32 Å². The molecule has 3 rings (SSSR count). The minimum atomic E-state index is -1.97. The molecule has 17 unspecified atom stereocenters. The molecule has 0 aliphatic carbocycles. The molecule has 0 bridgehead atoms. The third kappa shape index (κ3) is 30.4. The second-order valence-corrected chi connectivity index (χ2v) is 23.9. The molecule has 488 valence electrons. The van der Waals surface area contributed by atoms with Crippen LogP contribution in [0.3, 0.4) is 0 Å². The number of aliphatic hydroxyl groups excluding tert-OH is 11. The molecule has 0 aromatic rings. The summed E-state index contributed by atoms with van der Waals surface area (Å²) in [6, 6.07) is -0.886. The normalized spacial score (nSPS) is 29.5. The van der Waals surface area contributed by atoms with E-state index in [1.165, 1.54) is 154 Å². The fraction of sp³-hybridized carbons (Fsp3) is 0.922. The van der Waals surface area contributed by atoms with Crippen molar-refractivity contribution < 1.29 is 89.4 Å². The van der Waals surface area contributed by atoms with Gasteiger partial charge in [-0.15, -0.1) is 0 Å². The van der Waals surface area contributed by atoms with Gasteiger partial charge < -0.3 is 89.9 Å². The van der Waals surface area contributed by atoms with E-state index in [-0.39, 0.29) is 18.9 Å². The number of carbonyl (C=O) groups excluding carboxylic acids is 1. The molecule has 3 saturated heterocycles. The molecule has 3 fully saturated rings. The lowest BCUT2D eigenvalue weighted by atomic mass is 9.96. The van der Waals surface area contributed by atoms with Gasteiger partial charge in [-0.1, -0.05) is 218 Å². The lowest BCUT2D eigenvalue weighted by Crippen LogP contribution is -2.66. The standard InChI is InChI=1S/C64H119NO18/c1-3-5-7-9-11-13-15-17-19-20-21-22-23-24-25-26-28-30-32-34-36-38-40-42-52(70)65-47(48(69)41-39-37-35-33-31-29-27-18-16-14-12-10-8-6-4-2)46-78-62-58(76)55(73)60(50(44-67)80-62)83-64-59(77)56(74)61(51(45-68)81-64)82-63-57(75)54(72)53(71)49(43-66)79-63/h15,17,20-21,47-51,53-64,66-69,71-77H,3-14,16,18-19,22-46H2,1-2H3,(H,65,70)/b17-15-,21-20-. The Morgan fingerprint density at radius 2 is 0.795 bits per heavy atom. The zero-order valence-corrected chi connectivity index (χ0v) is 51.2. The van der Waals surface area contributed by atoms with Gasteiger partial charge in [0.2, 0.25) is 5.91 Å². The highest BCUT2D eigenvalue weighted by molar-refractivity contribution is 5.76. The molecule has 0 aromatic heterocycles. The number of nitrogens with one attached hydrogen (secondary N) is 1. The van der Waals surface area contributed by atoms with Crippen LogP contribution in [0.5, 0.6) is 0 Å². The third-order valence-corrected chi connectivity index (χ3v) is 16.8. The topological polar surface area (TPSA) is 307 Å². The molecule has 0 aromatic carbocycles. The highest BCUT2D eigenvalue weighted by Crippen LogP contribution is 2.33. The van der Waals surface area contributed by atoms with Gasteiger partial charge in [0.1, 0.15) is 73.2 Å². The van der Waals surface area contributed by atoms with Crippen LogP contribution in [0.4, 0.5) is 0 Å². The Morgan fingerprint density at radius 3 is 1.23 bits per heavy atom. The molecular formula is C64H119NO18. The smallest absolute Gasteiger partial charge is 0.220 e.